The van der Waals surface area contributed by atoms with Gasteiger partial charge in [0.15, 0.2) is 5.82 Å². The van der Waals surface area contributed by atoms with Crippen molar-refractivity contribution in [3.63, 3.8) is 0 Å². The Morgan fingerprint density at radius 2 is 2.00 bits per heavy atom. The highest BCUT2D eigenvalue weighted by molar-refractivity contribution is 5.92. The summed E-state index contributed by atoms with van der Waals surface area (Å²) in [6, 6.07) is 1.54. The second-order valence-electron chi connectivity index (χ2n) is 4.96. The van der Waals surface area contributed by atoms with E-state index in [4.69, 9.17) is 5.11 Å². The molecule has 1 aromatic carbocycles. The van der Waals surface area contributed by atoms with E-state index in [1.54, 1.807) is 14.1 Å². The van der Waals surface area contributed by atoms with Gasteiger partial charge in [-0.15, -0.1) is 0 Å². The number of aromatic nitrogens is 1. The number of halogens is 2. The molecule has 0 aliphatic carbocycles. The summed E-state index contributed by atoms with van der Waals surface area (Å²) in [6.07, 6.45) is 1.09. The van der Waals surface area contributed by atoms with Gasteiger partial charge in [0.1, 0.15) is 11.4 Å². The second kappa shape index (κ2) is 5.61. The molecule has 0 unspecified atom stereocenters. The van der Waals surface area contributed by atoms with Gasteiger partial charge in [-0.25, -0.2) is 13.6 Å². The Morgan fingerprint density at radius 1 is 1.33 bits per heavy atom. The maximum absolute atomic E-state index is 14.0. The van der Waals surface area contributed by atoms with Crippen LogP contribution in [0, 0.1) is 11.6 Å². The van der Waals surface area contributed by atoms with Crippen LogP contribution in [0.4, 0.5) is 8.78 Å². The van der Waals surface area contributed by atoms with Crippen molar-refractivity contribution in [1.29, 1.82) is 0 Å². The summed E-state index contributed by atoms with van der Waals surface area (Å²) in [5, 5.41) is 8.78. The molecule has 21 heavy (non-hydrogen) atoms. The molecule has 0 aliphatic rings. The molecule has 0 spiro atoms. The minimum absolute atomic E-state index is 0.0896. The molecule has 0 radical (unpaired) electrons. The lowest BCUT2D eigenvalue weighted by atomic mass is 10.1. The van der Waals surface area contributed by atoms with Gasteiger partial charge in [0.25, 0.3) is 0 Å². The lowest BCUT2D eigenvalue weighted by Gasteiger charge is -2.15. The van der Waals surface area contributed by atoms with Crippen LogP contribution in [0.1, 0.15) is 10.4 Å². The fourth-order valence-electron chi connectivity index (χ4n) is 2.09. The quantitative estimate of drug-likeness (QED) is 0.929. The topological polar surface area (TPSA) is 62.5 Å². The number of rotatable bonds is 4. The summed E-state index contributed by atoms with van der Waals surface area (Å²) in [7, 11) is 3.61. The number of likely N-dealkylation sites (N-methyl/N-ethyl adjacent to an activating group) is 1. The van der Waals surface area contributed by atoms with Gasteiger partial charge in [0.2, 0.25) is 5.43 Å². The van der Waals surface area contributed by atoms with Crippen LogP contribution in [-0.2, 0) is 6.54 Å². The van der Waals surface area contributed by atoms with Gasteiger partial charge in [-0.3, -0.25) is 4.79 Å². The van der Waals surface area contributed by atoms with Gasteiger partial charge in [-0.1, -0.05) is 0 Å². The monoisotopic (exact) mass is 296 g/mol. The molecule has 112 valence electrons. The maximum Gasteiger partial charge on any atom is 0.341 e. The van der Waals surface area contributed by atoms with Crippen molar-refractivity contribution in [3.05, 3.63) is 45.8 Å². The highest BCUT2D eigenvalue weighted by Crippen LogP contribution is 2.18. The number of carboxylic acids is 1. The zero-order chi connectivity index (χ0) is 15.7. The van der Waals surface area contributed by atoms with E-state index in [2.05, 4.69) is 0 Å². The first-order valence-electron chi connectivity index (χ1n) is 6.21. The highest BCUT2D eigenvalue weighted by Gasteiger charge is 2.18. The van der Waals surface area contributed by atoms with E-state index in [1.165, 1.54) is 4.57 Å². The Labute approximate surface area is 119 Å². The third-order valence-corrected chi connectivity index (χ3v) is 3.11. The van der Waals surface area contributed by atoms with Crippen molar-refractivity contribution < 1.29 is 18.7 Å². The van der Waals surface area contributed by atoms with Crippen LogP contribution < -0.4 is 5.43 Å². The Hall–Kier alpha value is -2.28. The van der Waals surface area contributed by atoms with Crippen LogP contribution in [0.3, 0.4) is 0 Å². The summed E-state index contributed by atoms with van der Waals surface area (Å²) < 4.78 is 28.6. The Kier molecular flexibility index (Phi) is 4.04. The number of carboxylic acid groups (broad SMARTS) is 1. The molecule has 7 heteroatoms. The summed E-state index contributed by atoms with van der Waals surface area (Å²) in [5.74, 6) is -3.23. The van der Waals surface area contributed by atoms with E-state index in [1.807, 2.05) is 4.90 Å². The zero-order valence-electron chi connectivity index (χ0n) is 11.6. The van der Waals surface area contributed by atoms with Crippen molar-refractivity contribution >= 4 is 16.9 Å². The number of pyridine rings is 1. The van der Waals surface area contributed by atoms with E-state index >= 15 is 0 Å². The van der Waals surface area contributed by atoms with Crippen molar-refractivity contribution in [1.82, 2.24) is 9.47 Å². The first kappa shape index (κ1) is 15.1. The number of hydrogen-bond acceptors (Lipinski definition) is 3. The predicted molar refractivity (Wildman–Crippen MR) is 73.6 cm³/mol. The van der Waals surface area contributed by atoms with Crippen LogP contribution in [0.5, 0.6) is 0 Å². The number of aromatic carboxylic acids is 1. The summed E-state index contributed by atoms with van der Waals surface area (Å²) in [5.41, 5.74) is -1.49. The largest absolute Gasteiger partial charge is 0.477 e. The first-order chi connectivity index (χ1) is 9.81. The maximum atomic E-state index is 14.0. The van der Waals surface area contributed by atoms with Crippen LogP contribution in [0.2, 0.25) is 0 Å². The van der Waals surface area contributed by atoms with Crippen LogP contribution >= 0.6 is 0 Å². The number of carbonyl (C=O) groups is 1. The first-order valence-corrected chi connectivity index (χ1v) is 6.21. The minimum Gasteiger partial charge on any atom is -0.477 e. The molecule has 1 N–H and O–H groups in total. The average molecular weight is 296 g/mol. The standard InChI is InChI=1S/C14H14F2N2O3/c1-17(2)3-4-18-7-10(14(20)21)13(19)9-5-8(15)6-11(16)12(9)18/h5-7H,3-4H2,1-2H3,(H,20,21). The second-order valence-corrected chi connectivity index (χ2v) is 4.96. The molecule has 0 fully saturated rings. The number of nitrogens with zero attached hydrogens (tertiary/aromatic N) is 2. The average Bonchev–Trinajstić information content (AvgIpc) is 2.37. The molecule has 0 bridgehead atoms. The highest BCUT2D eigenvalue weighted by atomic mass is 19.1. The molecule has 1 heterocycles. The Bertz CT molecular complexity index is 769. The molecule has 1 aromatic heterocycles. The molecule has 0 atom stereocenters. The van der Waals surface area contributed by atoms with E-state index in [-0.39, 0.29) is 17.4 Å². The van der Waals surface area contributed by atoms with Gasteiger partial charge >= 0.3 is 5.97 Å². The van der Waals surface area contributed by atoms with Crippen molar-refractivity contribution in [2.45, 2.75) is 6.54 Å². The molecule has 0 aliphatic heterocycles. The third-order valence-electron chi connectivity index (χ3n) is 3.11. The van der Waals surface area contributed by atoms with Gasteiger partial charge in [0, 0.05) is 25.4 Å². The molecular weight excluding hydrogens is 282 g/mol. The lowest BCUT2D eigenvalue weighted by Crippen LogP contribution is -2.23. The molecule has 0 saturated carbocycles. The number of hydrogen-bond donors (Lipinski definition) is 1. The SMILES string of the molecule is CN(C)CCn1cc(C(=O)O)c(=O)c2cc(F)cc(F)c21. The minimum atomic E-state index is -1.43. The summed E-state index contributed by atoms with van der Waals surface area (Å²) in [6.45, 7) is 0.778. The van der Waals surface area contributed by atoms with Crippen LogP contribution in [-0.4, -0.2) is 41.2 Å². The van der Waals surface area contributed by atoms with E-state index in [9.17, 15) is 18.4 Å². The smallest absolute Gasteiger partial charge is 0.341 e. The van der Waals surface area contributed by atoms with E-state index in [0.717, 1.165) is 12.3 Å². The van der Waals surface area contributed by atoms with Crippen molar-refractivity contribution in [2.24, 2.45) is 0 Å². The van der Waals surface area contributed by atoms with Crippen LogP contribution in [0.15, 0.2) is 23.1 Å². The van der Waals surface area contributed by atoms with Gasteiger partial charge in [0.05, 0.1) is 10.9 Å². The van der Waals surface area contributed by atoms with Gasteiger partial charge < -0.3 is 14.6 Å². The fourth-order valence-corrected chi connectivity index (χ4v) is 2.09. The summed E-state index contributed by atoms with van der Waals surface area (Å²) in [4.78, 5) is 25.0. The lowest BCUT2D eigenvalue weighted by molar-refractivity contribution is 0.0694. The zero-order valence-corrected chi connectivity index (χ0v) is 11.6. The fraction of sp³-hybridized carbons (Fsp3) is 0.286. The van der Waals surface area contributed by atoms with Gasteiger partial charge in [-0.2, -0.15) is 0 Å². The third kappa shape index (κ3) is 2.92. The molecule has 0 saturated heterocycles. The predicted octanol–water partition coefficient (Wildman–Crippen LogP) is 1.54. The van der Waals surface area contributed by atoms with Crippen LogP contribution in [0.25, 0.3) is 10.9 Å². The van der Waals surface area contributed by atoms with E-state index < -0.39 is 28.6 Å². The molecular formula is C14H14F2N2O3. The van der Waals surface area contributed by atoms with Gasteiger partial charge in [-0.05, 0) is 20.2 Å². The number of benzene rings is 1. The normalized spacial score (nSPS) is 11.3. The Balaban J connectivity index is 2.79. The van der Waals surface area contributed by atoms with Crippen molar-refractivity contribution in [2.75, 3.05) is 20.6 Å². The molecule has 0 amide bonds. The number of fused-ring (bicyclic) bond motifs is 1. The molecule has 2 aromatic rings. The summed E-state index contributed by atoms with van der Waals surface area (Å²) >= 11 is 0. The molecule has 5 nitrogen and oxygen atoms in total. The van der Waals surface area contributed by atoms with Crippen molar-refractivity contribution in [3.8, 4) is 0 Å². The molecule has 2 rings (SSSR count). The van der Waals surface area contributed by atoms with E-state index in [0.29, 0.717) is 12.6 Å². The Morgan fingerprint density at radius 3 is 2.57 bits per heavy atom.